The predicted molar refractivity (Wildman–Crippen MR) is 166 cm³/mol. The minimum Gasteiger partial charge on any atom is -0.394 e. The number of likely N-dealkylation sites (tertiary alicyclic amines) is 1. The first-order chi connectivity index (χ1) is 20.8. The number of fused-ring (bicyclic) bond motifs is 2. The van der Waals surface area contributed by atoms with Gasteiger partial charge in [-0.15, -0.1) is 11.8 Å². The van der Waals surface area contributed by atoms with Gasteiger partial charge in [0.25, 0.3) is 0 Å². The van der Waals surface area contributed by atoms with Gasteiger partial charge >= 0.3 is 0 Å². The summed E-state index contributed by atoms with van der Waals surface area (Å²) in [7, 11) is 0. The maximum atomic E-state index is 14.7. The molecular weight excluding hydrogens is 564 g/mol. The van der Waals surface area contributed by atoms with Gasteiger partial charge in [0.05, 0.1) is 42.4 Å². The van der Waals surface area contributed by atoms with Crippen LogP contribution in [0, 0.1) is 17.8 Å². The molecule has 0 radical (unpaired) electrons. The number of ether oxygens (including phenoxy) is 1. The Morgan fingerprint density at radius 1 is 0.977 bits per heavy atom. The molecule has 5 aliphatic heterocycles. The third kappa shape index (κ3) is 5.67. The highest BCUT2D eigenvalue weighted by atomic mass is 32.2. The van der Waals surface area contributed by atoms with Crippen LogP contribution in [-0.2, 0) is 25.7 Å². The molecule has 5 aliphatic rings. The van der Waals surface area contributed by atoms with E-state index >= 15 is 0 Å². The van der Waals surface area contributed by atoms with Crippen LogP contribution in [0.5, 0.6) is 0 Å². The first-order valence-electron chi connectivity index (χ1n) is 15.7. The lowest BCUT2D eigenvalue weighted by atomic mass is 9.78. The molecule has 0 bridgehead atoms. The highest BCUT2D eigenvalue weighted by Crippen LogP contribution is 2.61. The monoisotopic (exact) mass is 608 g/mol. The van der Waals surface area contributed by atoms with Crippen LogP contribution in [0.4, 0.5) is 0 Å². The minimum atomic E-state index is -0.878. The lowest BCUT2D eigenvalue weighted by Gasteiger charge is -2.39. The van der Waals surface area contributed by atoms with Crippen LogP contribution in [0.2, 0.25) is 0 Å². The lowest BCUT2D eigenvalue weighted by molar-refractivity contribution is -0.147. The van der Waals surface area contributed by atoms with Gasteiger partial charge in [-0.2, -0.15) is 0 Å². The minimum absolute atomic E-state index is 0.0409. The van der Waals surface area contributed by atoms with Gasteiger partial charge in [-0.25, -0.2) is 0 Å². The second-order valence-corrected chi connectivity index (χ2v) is 14.3. The maximum Gasteiger partial charge on any atom is 0.247 e. The van der Waals surface area contributed by atoms with E-state index in [9.17, 15) is 19.5 Å². The van der Waals surface area contributed by atoms with Gasteiger partial charge in [0.1, 0.15) is 6.04 Å². The third-order valence-corrected chi connectivity index (χ3v) is 11.4. The summed E-state index contributed by atoms with van der Waals surface area (Å²) < 4.78 is 4.62. The van der Waals surface area contributed by atoms with Crippen molar-refractivity contribution in [3.05, 3.63) is 60.2 Å². The zero-order valence-corrected chi connectivity index (χ0v) is 26.0. The number of carbonyl (C=O) groups excluding carboxylic acids is 3. The fourth-order valence-corrected chi connectivity index (χ4v) is 9.62. The van der Waals surface area contributed by atoms with Crippen molar-refractivity contribution in [2.75, 3.05) is 59.1 Å². The fraction of sp³-hybridized carbons (Fsp3) is 0.606. The van der Waals surface area contributed by atoms with E-state index in [0.29, 0.717) is 45.8 Å². The summed E-state index contributed by atoms with van der Waals surface area (Å²) in [6.45, 7) is 9.68. The Kier molecular flexibility index (Phi) is 9.01. The summed E-state index contributed by atoms with van der Waals surface area (Å²) in [5.74, 6) is -1.34. The third-order valence-electron chi connectivity index (χ3n) is 9.62. The van der Waals surface area contributed by atoms with Gasteiger partial charge in [0.15, 0.2) is 0 Å². The molecular formula is C33H44N4O5S. The Labute approximate surface area is 258 Å². The molecule has 3 fully saturated rings. The molecule has 1 aromatic rings. The molecule has 232 valence electrons. The van der Waals surface area contributed by atoms with Crippen LogP contribution in [0.15, 0.2) is 54.6 Å². The number of benzene rings is 1. The largest absolute Gasteiger partial charge is 0.394 e. The average molecular weight is 609 g/mol. The van der Waals surface area contributed by atoms with E-state index in [1.165, 1.54) is 0 Å². The molecule has 6 rings (SSSR count). The fourth-order valence-electron chi connectivity index (χ4n) is 7.62. The summed E-state index contributed by atoms with van der Waals surface area (Å²) in [5.41, 5.74) is 1.04. The van der Waals surface area contributed by atoms with E-state index in [0.717, 1.165) is 25.2 Å². The van der Waals surface area contributed by atoms with Crippen LogP contribution in [0.25, 0.3) is 0 Å². The number of rotatable bonds is 9. The zero-order chi connectivity index (χ0) is 30.1. The van der Waals surface area contributed by atoms with Crippen LogP contribution in [-0.4, -0.2) is 124 Å². The van der Waals surface area contributed by atoms with Crippen molar-refractivity contribution in [2.45, 2.75) is 48.9 Å². The molecule has 3 saturated heterocycles. The number of morpholine rings is 1. The molecule has 1 aromatic carbocycles. The SMILES string of the molecule is CC(C)C[C@H](CO)N1C(=O)[C@@H]2[C@@H]3C(=O)N(Cc4ccccc4)CC=C[C@@H]3S[C@@]23C=CCN(CCN2CCOCC2)C(=O)C13. The van der Waals surface area contributed by atoms with Gasteiger partial charge < -0.3 is 24.5 Å². The Bertz CT molecular complexity index is 1250. The number of aliphatic hydroxyl groups is 1. The van der Waals surface area contributed by atoms with Crippen LogP contribution >= 0.6 is 11.8 Å². The Hall–Kier alpha value is -2.66. The van der Waals surface area contributed by atoms with Crippen LogP contribution < -0.4 is 0 Å². The smallest absolute Gasteiger partial charge is 0.247 e. The molecule has 1 N–H and O–H groups in total. The molecule has 6 atom stereocenters. The summed E-state index contributed by atoms with van der Waals surface area (Å²) in [4.78, 5) is 51.3. The molecule has 0 saturated carbocycles. The average Bonchev–Trinajstić information content (AvgIpc) is 3.34. The van der Waals surface area contributed by atoms with Gasteiger partial charge in [0, 0.05) is 51.1 Å². The van der Waals surface area contributed by atoms with E-state index in [2.05, 4.69) is 30.9 Å². The quantitative estimate of drug-likeness (QED) is 0.429. The van der Waals surface area contributed by atoms with Crippen molar-refractivity contribution < 1.29 is 24.2 Å². The summed E-state index contributed by atoms with van der Waals surface area (Å²) in [5, 5.41) is 10.4. The zero-order valence-electron chi connectivity index (χ0n) is 25.2. The van der Waals surface area contributed by atoms with Crippen molar-refractivity contribution in [2.24, 2.45) is 17.8 Å². The summed E-state index contributed by atoms with van der Waals surface area (Å²) in [6.07, 6.45) is 8.81. The van der Waals surface area contributed by atoms with E-state index in [1.54, 1.807) is 16.7 Å². The van der Waals surface area contributed by atoms with E-state index in [1.807, 2.05) is 52.3 Å². The second-order valence-electron chi connectivity index (χ2n) is 12.8. The first kappa shape index (κ1) is 30.4. The normalized spacial score (nSPS) is 31.7. The van der Waals surface area contributed by atoms with Crippen molar-refractivity contribution in [1.82, 2.24) is 19.6 Å². The van der Waals surface area contributed by atoms with Crippen molar-refractivity contribution in [3.8, 4) is 0 Å². The van der Waals surface area contributed by atoms with Gasteiger partial charge in [0.2, 0.25) is 17.7 Å². The molecule has 0 aliphatic carbocycles. The van der Waals surface area contributed by atoms with Gasteiger partial charge in [-0.3, -0.25) is 19.3 Å². The molecule has 1 unspecified atom stereocenters. The Morgan fingerprint density at radius 2 is 1.72 bits per heavy atom. The molecule has 0 aromatic heterocycles. The number of carbonyl (C=O) groups is 3. The molecule has 5 heterocycles. The number of aliphatic hydroxyl groups excluding tert-OH is 1. The van der Waals surface area contributed by atoms with E-state index < -0.39 is 28.7 Å². The molecule has 3 amide bonds. The highest BCUT2D eigenvalue weighted by molar-refractivity contribution is 8.02. The Morgan fingerprint density at radius 3 is 2.44 bits per heavy atom. The second kappa shape index (κ2) is 12.8. The van der Waals surface area contributed by atoms with Crippen molar-refractivity contribution >= 4 is 29.5 Å². The lowest BCUT2D eigenvalue weighted by Crippen LogP contribution is -2.57. The van der Waals surface area contributed by atoms with Crippen molar-refractivity contribution in [3.63, 3.8) is 0 Å². The highest BCUT2D eigenvalue weighted by Gasteiger charge is 2.71. The van der Waals surface area contributed by atoms with Gasteiger partial charge in [-0.1, -0.05) is 68.5 Å². The van der Waals surface area contributed by atoms with E-state index in [-0.39, 0.29) is 35.5 Å². The van der Waals surface area contributed by atoms with Crippen LogP contribution in [0.3, 0.4) is 0 Å². The first-order valence-corrected chi connectivity index (χ1v) is 16.6. The number of hydrogen-bond acceptors (Lipinski definition) is 7. The number of amides is 3. The molecule has 9 nitrogen and oxygen atoms in total. The standard InChI is InChI=1S/C33H44N4O5S/c1-23(2)20-25(22-38)37-29-32(41)35(15-14-34-16-18-42-19-17-34)13-7-11-33(29)28(31(37)40)27-26(43-33)10-6-12-36(30(27)39)21-24-8-4-3-5-9-24/h3-11,23,25-29,38H,12-22H2,1-2H3/t25-,26+,27-,28+,29?,33+/m1/s1. The molecule has 43 heavy (non-hydrogen) atoms. The summed E-state index contributed by atoms with van der Waals surface area (Å²) >= 11 is 1.60. The molecule has 1 spiro atoms. The topological polar surface area (TPSA) is 93.6 Å². The van der Waals surface area contributed by atoms with Crippen molar-refractivity contribution in [1.29, 1.82) is 0 Å². The maximum absolute atomic E-state index is 14.7. The number of thioether (sulfide) groups is 1. The van der Waals surface area contributed by atoms with Crippen LogP contribution in [0.1, 0.15) is 25.8 Å². The predicted octanol–water partition coefficient (Wildman–Crippen LogP) is 2.02. The van der Waals surface area contributed by atoms with E-state index in [4.69, 9.17) is 4.74 Å². The Balaban J connectivity index is 1.34. The number of nitrogens with zero attached hydrogens (tertiary/aromatic N) is 4. The van der Waals surface area contributed by atoms with Gasteiger partial charge in [-0.05, 0) is 17.9 Å². The molecule has 10 heteroatoms. The number of hydrogen-bond donors (Lipinski definition) is 1. The summed E-state index contributed by atoms with van der Waals surface area (Å²) in [6, 6.07) is 8.66.